The lowest BCUT2D eigenvalue weighted by Gasteiger charge is -2.23. The van der Waals surface area contributed by atoms with Gasteiger partial charge in [0.05, 0.1) is 25.1 Å². The summed E-state index contributed by atoms with van der Waals surface area (Å²) in [7, 11) is 0. The Bertz CT molecular complexity index is 1070. The summed E-state index contributed by atoms with van der Waals surface area (Å²) in [6, 6.07) is 3.17. The number of para-hydroxylation sites is 1. The lowest BCUT2D eigenvalue weighted by atomic mass is 10.1. The maximum Gasteiger partial charge on any atom is 0.326 e. The van der Waals surface area contributed by atoms with E-state index < -0.39 is 66.9 Å². The molecule has 0 aliphatic carbocycles. The quantitative estimate of drug-likeness (QED) is 0.170. The van der Waals surface area contributed by atoms with Gasteiger partial charge in [-0.1, -0.05) is 18.2 Å². The van der Waals surface area contributed by atoms with E-state index in [4.69, 9.17) is 15.9 Å². The summed E-state index contributed by atoms with van der Waals surface area (Å²) < 4.78 is 0. The number of aliphatic carboxylic acids is 2. The van der Waals surface area contributed by atoms with E-state index in [-0.39, 0.29) is 6.42 Å². The normalized spacial score (nSPS) is 14.4. The molecule has 0 aliphatic heterocycles. The first-order valence-corrected chi connectivity index (χ1v) is 10.3. The number of nitrogens with two attached hydrogens (primary N) is 1. The second kappa shape index (κ2) is 11.8. The molecule has 2 rings (SSSR count). The number of rotatable bonds is 12. The van der Waals surface area contributed by atoms with Gasteiger partial charge in [0.2, 0.25) is 17.7 Å². The SMILES string of the molecule is CC(O)C(NC(=O)CNC(=O)C(N)Cc1c[nH]c2ccccc12)C(=O)NC(CC(=O)O)C(=O)O. The molecule has 3 amide bonds. The summed E-state index contributed by atoms with van der Waals surface area (Å²) in [6.45, 7) is 0.613. The second-order valence-electron chi connectivity index (χ2n) is 7.67. The number of hydrogen-bond donors (Lipinski definition) is 8. The number of aromatic amines is 1. The molecule has 184 valence electrons. The predicted molar refractivity (Wildman–Crippen MR) is 118 cm³/mol. The van der Waals surface area contributed by atoms with Crippen LogP contribution in [0.3, 0.4) is 0 Å². The van der Waals surface area contributed by atoms with Crippen LogP contribution in [0.15, 0.2) is 30.5 Å². The monoisotopic (exact) mass is 477 g/mol. The predicted octanol–water partition coefficient (Wildman–Crippen LogP) is -1.94. The van der Waals surface area contributed by atoms with Crippen LogP contribution in [-0.4, -0.2) is 80.7 Å². The van der Waals surface area contributed by atoms with E-state index in [0.29, 0.717) is 0 Å². The molecule has 0 saturated heterocycles. The van der Waals surface area contributed by atoms with Crippen LogP contribution in [0, 0.1) is 0 Å². The largest absolute Gasteiger partial charge is 0.481 e. The van der Waals surface area contributed by atoms with E-state index in [1.807, 2.05) is 29.6 Å². The van der Waals surface area contributed by atoms with Crippen molar-refractivity contribution in [1.29, 1.82) is 0 Å². The minimum atomic E-state index is -1.76. The molecule has 4 atom stereocenters. The minimum absolute atomic E-state index is 0.205. The van der Waals surface area contributed by atoms with Gasteiger partial charge in [-0.15, -0.1) is 0 Å². The molecule has 0 saturated carbocycles. The summed E-state index contributed by atoms with van der Waals surface area (Å²) in [4.78, 5) is 61.8. The van der Waals surface area contributed by atoms with Gasteiger partial charge >= 0.3 is 11.9 Å². The fraction of sp³-hybridized carbons (Fsp3) is 0.381. The number of amides is 3. The van der Waals surface area contributed by atoms with Crippen LogP contribution in [0.25, 0.3) is 10.9 Å². The minimum Gasteiger partial charge on any atom is -0.481 e. The van der Waals surface area contributed by atoms with Crippen molar-refractivity contribution in [1.82, 2.24) is 20.9 Å². The van der Waals surface area contributed by atoms with E-state index >= 15 is 0 Å². The van der Waals surface area contributed by atoms with E-state index in [9.17, 15) is 29.1 Å². The van der Waals surface area contributed by atoms with Gasteiger partial charge in [0.1, 0.15) is 12.1 Å². The Balaban J connectivity index is 1.90. The van der Waals surface area contributed by atoms with Crippen molar-refractivity contribution in [3.8, 4) is 0 Å². The van der Waals surface area contributed by atoms with Crippen LogP contribution in [-0.2, 0) is 30.4 Å². The topological polar surface area (TPSA) is 224 Å². The van der Waals surface area contributed by atoms with Gasteiger partial charge in [-0.3, -0.25) is 19.2 Å². The van der Waals surface area contributed by atoms with Crippen molar-refractivity contribution in [2.75, 3.05) is 6.54 Å². The first-order chi connectivity index (χ1) is 16.0. The fourth-order valence-electron chi connectivity index (χ4n) is 3.19. The molecule has 1 heterocycles. The number of carbonyl (C=O) groups is 5. The molecule has 0 spiro atoms. The highest BCUT2D eigenvalue weighted by Crippen LogP contribution is 2.18. The van der Waals surface area contributed by atoms with Crippen molar-refractivity contribution in [3.05, 3.63) is 36.0 Å². The van der Waals surface area contributed by atoms with E-state index in [1.165, 1.54) is 6.92 Å². The summed E-state index contributed by atoms with van der Waals surface area (Å²) in [5.74, 6) is -5.62. The Hall–Kier alpha value is -3.97. The maximum atomic E-state index is 12.3. The molecule has 9 N–H and O–H groups in total. The number of nitrogens with one attached hydrogen (secondary N) is 4. The molecule has 0 fully saturated rings. The van der Waals surface area contributed by atoms with Gasteiger partial charge in [0.25, 0.3) is 0 Å². The third kappa shape index (κ3) is 7.28. The molecule has 1 aromatic carbocycles. The molecule has 0 aliphatic rings. The molecule has 4 unspecified atom stereocenters. The first-order valence-electron chi connectivity index (χ1n) is 10.3. The van der Waals surface area contributed by atoms with Crippen molar-refractivity contribution in [2.45, 2.75) is 44.0 Å². The Kier molecular flexibility index (Phi) is 9.10. The van der Waals surface area contributed by atoms with Crippen molar-refractivity contribution in [3.63, 3.8) is 0 Å². The first kappa shape index (κ1) is 26.3. The Morgan fingerprint density at radius 2 is 1.74 bits per heavy atom. The van der Waals surface area contributed by atoms with Gasteiger partial charge in [0.15, 0.2) is 0 Å². The summed E-state index contributed by atoms with van der Waals surface area (Å²) in [5.41, 5.74) is 7.65. The number of fused-ring (bicyclic) bond motifs is 1. The number of H-pyrrole nitrogens is 1. The van der Waals surface area contributed by atoms with Crippen molar-refractivity contribution in [2.24, 2.45) is 5.73 Å². The van der Waals surface area contributed by atoms with E-state index in [0.717, 1.165) is 16.5 Å². The van der Waals surface area contributed by atoms with E-state index in [2.05, 4.69) is 15.6 Å². The summed E-state index contributed by atoms with van der Waals surface area (Å²) in [6.07, 6.45) is -0.393. The van der Waals surface area contributed by atoms with Gasteiger partial charge in [-0.2, -0.15) is 0 Å². The van der Waals surface area contributed by atoms with Crippen LogP contribution in [0.2, 0.25) is 0 Å². The molecular weight excluding hydrogens is 450 g/mol. The second-order valence-corrected chi connectivity index (χ2v) is 7.67. The number of hydrogen-bond acceptors (Lipinski definition) is 7. The highest BCUT2D eigenvalue weighted by atomic mass is 16.4. The zero-order valence-corrected chi connectivity index (χ0v) is 18.3. The third-order valence-electron chi connectivity index (χ3n) is 4.95. The number of aromatic nitrogens is 1. The van der Waals surface area contributed by atoms with Crippen molar-refractivity contribution >= 4 is 40.6 Å². The van der Waals surface area contributed by atoms with Crippen LogP contribution in [0.5, 0.6) is 0 Å². The molecular formula is C21H27N5O8. The number of carbonyl (C=O) groups excluding carboxylic acids is 3. The Morgan fingerprint density at radius 3 is 2.35 bits per heavy atom. The van der Waals surface area contributed by atoms with Crippen molar-refractivity contribution < 1.29 is 39.3 Å². The van der Waals surface area contributed by atoms with E-state index in [1.54, 1.807) is 6.20 Å². The molecule has 1 aromatic heterocycles. The summed E-state index contributed by atoms with van der Waals surface area (Å²) >= 11 is 0. The standard InChI is InChI=1S/C21H27N5O8/c1-10(27)18(20(32)25-15(21(33)34)7-17(29)30)26-16(28)9-24-19(31)13(22)6-11-8-23-14-5-3-2-4-12(11)14/h2-5,8,10,13,15,18,23,27H,6-7,9,22H2,1H3,(H,24,31)(H,25,32)(H,26,28)(H,29,30)(H,33,34). The number of aliphatic hydroxyl groups is 1. The lowest BCUT2D eigenvalue weighted by Crippen LogP contribution is -2.57. The van der Waals surface area contributed by atoms with Gasteiger partial charge in [-0.25, -0.2) is 4.79 Å². The Labute approximate surface area is 193 Å². The van der Waals surface area contributed by atoms with Gasteiger partial charge in [-0.05, 0) is 25.0 Å². The number of carboxylic acids is 2. The number of aliphatic hydroxyl groups excluding tert-OH is 1. The highest BCUT2D eigenvalue weighted by molar-refractivity contribution is 5.94. The number of benzene rings is 1. The molecule has 13 heteroatoms. The van der Waals surface area contributed by atoms with Crippen LogP contribution in [0.4, 0.5) is 0 Å². The average Bonchev–Trinajstić information content (AvgIpc) is 3.17. The smallest absolute Gasteiger partial charge is 0.326 e. The molecule has 13 nitrogen and oxygen atoms in total. The van der Waals surface area contributed by atoms with Crippen LogP contribution < -0.4 is 21.7 Å². The summed E-state index contributed by atoms with van der Waals surface area (Å²) in [5, 5.41) is 35.0. The highest BCUT2D eigenvalue weighted by Gasteiger charge is 2.31. The molecule has 0 bridgehead atoms. The molecule has 0 radical (unpaired) electrons. The maximum absolute atomic E-state index is 12.3. The fourth-order valence-corrected chi connectivity index (χ4v) is 3.19. The lowest BCUT2D eigenvalue weighted by molar-refractivity contribution is -0.147. The zero-order valence-electron chi connectivity index (χ0n) is 18.3. The van der Waals surface area contributed by atoms with Gasteiger partial charge in [0, 0.05) is 17.1 Å². The molecule has 34 heavy (non-hydrogen) atoms. The van der Waals surface area contributed by atoms with Crippen LogP contribution in [0.1, 0.15) is 18.9 Å². The Morgan fingerprint density at radius 1 is 1.06 bits per heavy atom. The van der Waals surface area contributed by atoms with Crippen LogP contribution >= 0.6 is 0 Å². The number of carboxylic acid groups (broad SMARTS) is 2. The molecule has 2 aromatic rings. The van der Waals surface area contributed by atoms with Gasteiger partial charge < -0.3 is 42.0 Å². The average molecular weight is 477 g/mol. The zero-order chi connectivity index (χ0) is 25.4. The third-order valence-corrected chi connectivity index (χ3v) is 4.95.